The van der Waals surface area contributed by atoms with Crippen molar-refractivity contribution in [1.29, 1.82) is 0 Å². The summed E-state index contributed by atoms with van der Waals surface area (Å²) in [5.41, 5.74) is 2.95. The number of aryl methyl sites for hydroxylation is 2. The molecule has 7 heteroatoms. The molecule has 2 aromatic heterocycles. The van der Waals surface area contributed by atoms with Crippen molar-refractivity contribution in [1.82, 2.24) is 14.8 Å². The van der Waals surface area contributed by atoms with Gasteiger partial charge in [0, 0.05) is 11.3 Å². The summed E-state index contributed by atoms with van der Waals surface area (Å²) in [4.78, 5) is 11.7. The Morgan fingerprint density at radius 1 is 1.25 bits per heavy atom. The van der Waals surface area contributed by atoms with E-state index in [1.165, 1.54) is 25.1 Å². The molecule has 0 spiro atoms. The highest BCUT2D eigenvalue weighted by molar-refractivity contribution is 7.98. The van der Waals surface area contributed by atoms with Crippen molar-refractivity contribution in [3.8, 4) is 5.69 Å². The summed E-state index contributed by atoms with van der Waals surface area (Å²) in [7, 11) is 1.33. The lowest BCUT2D eigenvalue weighted by Crippen LogP contribution is -2.03. The van der Waals surface area contributed by atoms with E-state index in [4.69, 9.17) is 9.15 Å². The van der Waals surface area contributed by atoms with E-state index < -0.39 is 5.97 Å². The first-order valence-electron chi connectivity index (χ1n) is 7.37. The van der Waals surface area contributed by atoms with Gasteiger partial charge in [-0.1, -0.05) is 30.0 Å². The van der Waals surface area contributed by atoms with E-state index in [2.05, 4.69) is 23.2 Å². The van der Waals surface area contributed by atoms with Gasteiger partial charge in [-0.05, 0) is 31.5 Å². The number of aromatic nitrogens is 3. The van der Waals surface area contributed by atoms with Crippen molar-refractivity contribution >= 4 is 17.7 Å². The van der Waals surface area contributed by atoms with Crippen LogP contribution in [0.2, 0.25) is 0 Å². The maximum atomic E-state index is 11.7. The van der Waals surface area contributed by atoms with E-state index in [0.717, 1.165) is 27.8 Å². The van der Waals surface area contributed by atoms with E-state index in [-0.39, 0.29) is 5.76 Å². The van der Waals surface area contributed by atoms with Crippen molar-refractivity contribution < 1.29 is 13.9 Å². The average Bonchev–Trinajstić information content (AvgIpc) is 3.19. The number of para-hydroxylation sites is 1. The van der Waals surface area contributed by atoms with Gasteiger partial charge in [0.2, 0.25) is 5.76 Å². The van der Waals surface area contributed by atoms with Crippen LogP contribution in [0.5, 0.6) is 0 Å². The van der Waals surface area contributed by atoms with Crippen LogP contribution < -0.4 is 0 Å². The maximum absolute atomic E-state index is 11.7. The highest BCUT2D eigenvalue weighted by Crippen LogP contribution is 2.28. The minimum absolute atomic E-state index is 0.226. The lowest BCUT2D eigenvalue weighted by Gasteiger charge is -2.11. The molecule has 1 aromatic carbocycles. The van der Waals surface area contributed by atoms with Crippen LogP contribution in [0.25, 0.3) is 5.69 Å². The number of furan rings is 1. The molecule has 124 valence electrons. The third-order valence-corrected chi connectivity index (χ3v) is 4.60. The minimum Gasteiger partial charge on any atom is -0.463 e. The Morgan fingerprint density at radius 3 is 2.79 bits per heavy atom. The quantitative estimate of drug-likeness (QED) is 0.521. The summed E-state index contributed by atoms with van der Waals surface area (Å²) in [6.07, 6.45) is 1.49. The molecular formula is C17H17N3O3S. The second-order valence-corrected chi connectivity index (χ2v) is 6.15. The van der Waals surface area contributed by atoms with Gasteiger partial charge in [-0.2, -0.15) is 0 Å². The number of carbonyl (C=O) groups is 1. The molecule has 2 heterocycles. The number of ether oxygens (including phenoxy) is 1. The van der Waals surface area contributed by atoms with Gasteiger partial charge in [-0.3, -0.25) is 4.57 Å². The highest BCUT2D eigenvalue weighted by atomic mass is 32.2. The molecule has 24 heavy (non-hydrogen) atoms. The van der Waals surface area contributed by atoms with Crippen LogP contribution in [0.15, 0.2) is 46.2 Å². The lowest BCUT2D eigenvalue weighted by atomic mass is 10.2. The third kappa shape index (κ3) is 3.07. The highest BCUT2D eigenvalue weighted by Gasteiger charge is 2.18. The van der Waals surface area contributed by atoms with Crippen LogP contribution >= 0.6 is 11.8 Å². The van der Waals surface area contributed by atoms with Crippen molar-refractivity contribution in [2.45, 2.75) is 24.8 Å². The normalized spacial score (nSPS) is 10.8. The lowest BCUT2D eigenvalue weighted by molar-refractivity contribution is 0.0564. The summed E-state index contributed by atoms with van der Waals surface area (Å²) in [6.45, 7) is 3.97. The van der Waals surface area contributed by atoms with E-state index in [9.17, 15) is 4.79 Å². The van der Waals surface area contributed by atoms with Crippen LogP contribution in [0.4, 0.5) is 0 Å². The molecule has 0 saturated heterocycles. The number of benzene rings is 1. The van der Waals surface area contributed by atoms with Gasteiger partial charge in [0.15, 0.2) is 5.16 Å². The minimum atomic E-state index is -0.479. The fraction of sp³-hybridized carbons (Fsp3) is 0.235. The van der Waals surface area contributed by atoms with Crippen LogP contribution in [-0.4, -0.2) is 27.8 Å². The molecule has 0 N–H and O–H groups in total. The fourth-order valence-corrected chi connectivity index (χ4v) is 3.36. The van der Waals surface area contributed by atoms with Gasteiger partial charge in [-0.15, -0.1) is 10.2 Å². The predicted octanol–water partition coefficient (Wildman–Crippen LogP) is 3.56. The smallest absolute Gasteiger partial charge is 0.374 e. The number of hydrogen-bond donors (Lipinski definition) is 0. The molecule has 0 saturated carbocycles. The van der Waals surface area contributed by atoms with Crippen molar-refractivity contribution in [2.75, 3.05) is 7.11 Å². The summed E-state index contributed by atoms with van der Waals surface area (Å²) < 4.78 is 12.0. The molecule has 0 amide bonds. The largest absolute Gasteiger partial charge is 0.463 e. The Kier molecular flexibility index (Phi) is 4.71. The van der Waals surface area contributed by atoms with E-state index in [1.807, 2.05) is 29.7 Å². The Balaban J connectivity index is 1.87. The van der Waals surface area contributed by atoms with E-state index in [0.29, 0.717) is 5.75 Å². The van der Waals surface area contributed by atoms with Gasteiger partial charge in [-0.25, -0.2) is 4.79 Å². The van der Waals surface area contributed by atoms with Gasteiger partial charge < -0.3 is 9.15 Å². The molecule has 0 aliphatic heterocycles. The Labute approximate surface area is 143 Å². The zero-order valence-electron chi connectivity index (χ0n) is 13.6. The first-order valence-corrected chi connectivity index (χ1v) is 8.36. The fourth-order valence-electron chi connectivity index (χ4n) is 2.39. The Morgan fingerprint density at radius 2 is 2.04 bits per heavy atom. The molecule has 0 aliphatic carbocycles. The van der Waals surface area contributed by atoms with Gasteiger partial charge in [0.1, 0.15) is 5.82 Å². The molecule has 3 aromatic rings. The second-order valence-electron chi connectivity index (χ2n) is 5.21. The van der Waals surface area contributed by atoms with E-state index in [1.54, 1.807) is 6.07 Å². The van der Waals surface area contributed by atoms with Crippen molar-refractivity contribution in [3.63, 3.8) is 0 Å². The van der Waals surface area contributed by atoms with Gasteiger partial charge in [0.25, 0.3) is 0 Å². The number of rotatable bonds is 5. The SMILES string of the molecule is COC(=O)c1occc1CSc1nnc(C)n1-c1ccccc1C. The average molecular weight is 343 g/mol. The third-order valence-electron chi connectivity index (χ3n) is 3.63. The second kappa shape index (κ2) is 6.92. The number of hydrogen-bond acceptors (Lipinski definition) is 6. The summed E-state index contributed by atoms with van der Waals surface area (Å²) in [6, 6.07) is 9.84. The summed E-state index contributed by atoms with van der Waals surface area (Å²) in [5, 5.41) is 9.20. The van der Waals surface area contributed by atoms with Crippen molar-refractivity contribution in [2.24, 2.45) is 0 Å². The Hall–Kier alpha value is -2.54. The number of carbonyl (C=O) groups excluding carboxylic acids is 1. The topological polar surface area (TPSA) is 70.2 Å². The zero-order valence-corrected chi connectivity index (χ0v) is 14.5. The molecule has 3 rings (SSSR count). The maximum Gasteiger partial charge on any atom is 0.374 e. The summed E-state index contributed by atoms with van der Waals surface area (Å²) in [5.74, 6) is 1.09. The molecule has 6 nitrogen and oxygen atoms in total. The number of methoxy groups -OCH3 is 1. The first-order chi connectivity index (χ1) is 11.6. The van der Waals surface area contributed by atoms with Crippen LogP contribution in [0, 0.1) is 13.8 Å². The van der Waals surface area contributed by atoms with Crippen LogP contribution in [0.1, 0.15) is 27.5 Å². The number of esters is 1. The molecule has 0 atom stereocenters. The van der Waals surface area contributed by atoms with Crippen molar-refractivity contribution in [3.05, 3.63) is 59.3 Å². The summed E-state index contributed by atoms with van der Waals surface area (Å²) >= 11 is 1.49. The number of thioether (sulfide) groups is 1. The molecule has 0 fully saturated rings. The predicted molar refractivity (Wildman–Crippen MR) is 90.4 cm³/mol. The van der Waals surface area contributed by atoms with E-state index >= 15 is 0 Å². The molecule has 0 unspecified atom stereocenters. The standard InChI is InChI=1S/C17H17N3O3S/c1-11-6-4-5-7-14(11)20-12(2)18-19-17(20)24-10-13-8-9-23-15(13)16(21)22-3/h4-9H,10H2,1-3H3. The Bertz CT molecular complexity index is 870. The number of nitrogens with zero attached hydrogens (tertiary/aromatic N) is 3. The van der Waals surface area contributed by atoms with Gasteiger partial charge in [0.05, 0.1) is 19.1 Å². The van der Waals surface area contributed by atoms with Crippen LogP contribution in [-0.2, 0) is 10.5 Å². The van der Waals surface area contributed by atoms with Gasteiger partial charge >= 0.3 is 5.97 Å². The molecule has 0 aliphatic rings. The monoisotopic (exact) mass is 343 g/mol. The molecular weight excluding hydrogens is 326 g/mol. The zero-order chi connectivity index (χ0) is 17.1. The first kappa shape index (κ1) is 16.3. The van der Waals surface area contributed by atoms with Crippen LogP contribution in [0.3, 0.4) is 0 Å². The molecule has 0 radical (unpaired) electrons. The molecule has 0 bridgehead atoms.